The average Bonchev–Trinajstić information content (AvgIpc) is 2.66. The number of ether oxygens (including phenoxy) is 1. The molecule has 2 aromatic rings. The van der Waals surface area contributed by atoms with Crippen molar-refractivity contribution in [3.05, 3.63) is 60.4 Å². The Labute approximate surface area is 147 Å². The van der Waals surface area contributed by atoms with Gasteiger partial charge in [0.15, 0.2) is 0 Å². The molecule has 1 unspecified atom stereocenters. The summed E-state index contributed by atoms with van der Waals surface area (Å²) < 4.78 is 5.97. The normalized spacial score (nSPS) is 17.7. The maximum absolute atomic E-state index is 12.4. The van der Waals surface area contributed by atoms with Crippen LogP contribution in [0.15, 0.2) is 59.8 Å². The van der Waals surface area contributed by atoms with Gasteiger partial charge in [-0.1, -0.05) is 24.3 Å². The molecule has 5 heteroatoms. The van der Waals surface area contributed by atoms with Gasteiger partial charge in [-0.25, -0.2) is 0 Å². The van der Waals surface area contributed by atoms with Gasteiger partial charge in [-0.2, -0.15) is 0 Å². The van der Waals surface area contributed by atoms with Crippen LogP contribution >= 0.6 is 11.8 Å². The number of hydrogen-bond donors (Lipinski definition) is 0. The van der Waals surface area contributed by atoms with Gasteiger partial charge in [-0.05, 0) is 36.6 Å². The van der Waals surface area contributed by atoms with Gasteiger partial charge < -0.3 is 9.64 Å². The zero-order valence-electron chi connectivity index (χ0n) is 13.6. The fraction of sp³-hybridized carbons (Fsp3) is 0.368. The van der Waals surface area contributed by atoms with E-state index in [2.05, 4.69) is 4.98 Å². The Morgan fingerprint density at radius 1 is 1.25 bits per heavy atom. The molecule has 0 bridgehead atoms. The van der Waals surface area contributed by atoms with Crippen molar-refractivity contribution in [2.45, 2.75) is 30.4 Å². The largest absolute Gasteiger partial charge is 0.372 e. The van der Waals surface area contributed by atoms with Crippen LogP contribution in [0.25, 0.3) is 0 Å². The lowest BCUT2D eigenvalue weighted by Gasteiger charge is -2.32. The zero-order valence-corrected chi connectivity index (χ0v) is 14.5. The minimum absolute atomic E-state index is 0.115. The van der Waals surface area contributed by atoms with Crippen LogP contribution in [0.4, 0.5) is 0 Å². The Balaban J connectivity index is 1.45. The maximum Gasteiger partial charge on any atom is 0.233 e. The van der Waals surface area contributed by atoms with E-state index in [-0.39, 0.29) is 12.0 Å². The SMILES string of the molecule is O=C(CSc1ccccc1)N1CCCC(OCc2cccnc2)C1. The highest BCUT2D eigenvalue weighted by molar-refractivity contribution is 8.00. The van der Waals surface area contributed by atoms with Crippen LogP contribution in [0.3, 0.4) is 0 Å². The summed E-state index contributed by atoms with van der Waals surface area (Å²) in [6.45, 7) is 2.08. The van der Waals surface area contributed by atoms with Gasteiger partial charge >= 0.3 is 0 Å². The number of carbonyl (C=O) groups excluding carboxylic acids is 1. The molecule has 1 aromatic heterocycles. The monoisotopic (exact) mass is 342 g/mol. The summed E-state index contributed by atoms with van der Waals surface area (Å²) >= 11 is 1.59. The third kappa shape index (κ3) is 5.08. The molecule has 1 atom stereocenters. The second kappa shape index (κ2) is 8.85. The number of hydrogen-bond acceptors (Lipinski definition) is 4. The van der Waals surface area contributed by atoms with Gasteiger partial charge in [-0.3, -0.25) is 9.78 Å². The summed E-state index contributed by atoms with van der Waals surface area (Å²) in [6, 6.07) is 14.0. The van der Waals surface area contributed by atoms with E-state index >= 15 is 0 Å². The molecule has 0 radical (unpaired) electrons. The molecule has 0 spiro atoms. The van der Waals surface area contributed by atoms with Gasteiger partial charge in [0.2, 0.25) is 5.91 Å². The van der Waals surface area contributed by atoms with Crippen LogP contribution in [-0.4, -0.2) is 40.7 Å². The predicted octanol–water partition coefficient (Wildman–Crippen LogP) is 3.38. The smallest absolute Gasteiger partial charge is 0.233 e. The number of carbonyl (C=O) groups is 1. The molecule has 1 saturated heterocycles. The number of pyridine rings is 1. The maximum atomic E-state index is 12.4. The first-order valence-electron chi connectivity index (χ1n) is 8.27. The molecule has 1 fully saturated rings. The predicted molar refractivity (Wildman–Crippen MR) is 95.8 cm³/mol. The summed E-state index contributed by atoms with van der Waals surface area (Å²) in [5.74, 6) is 0.679. The number of benzene rings is 1. The lowest BCUT2D eigenvalue weighted by Crippen LogP contribution is -2.44. The molecule has 126 valence electrons. The van der Waals surface area contributed by atoms with Crippen LogP contribution in [0.5, 0.6) is 0 Å². The van der Waals surface area contributed by atoms with Crippen molar-refractivity contribution >= 4 is 17.7 Å². The highest BCUT2D eigenvalue weighted by atomic mass is 32.2. The van der Waals surface area contributed by atoms with E-state index in [1.54, 1.807) is 18.0 Å². The number of aromatic nitrogens is 1. The Hall–Kier alpha value is -1.85. The Kier molecular flexibility index (Phi) is 6.26. The quantitative estimate of drug-likeness (QED) is 0.755. The van der Waals surface area contributed by atoms with E-state index in [1.807, 2.05) is 53.6 Å². The minimum atomic E-state index is 0.115. The van der Waals surface area contributed by atoms with Crippen molar-refractivity contribution in [1.29, 1.82) is 0 Å². The molecular formula is C19H22N2O2S. The molecule has 3 rings (SSSR count). The Bertz CT molecular complexity index is 636. The van der Waals surface area contributed by atoms with Crippen molar-refractivity contribution in [2.75, 3.05) is 18.8 Å². The number of nitrogens with zero attached hydrogens (tertiary/aromatic N) is 2. The summed E-state index contributed by atoms with van der Waals surface area (Å²) in [6.07, 6.45) is 5.71. The molecule has 0 saturated carbocycles. The Morgan fingerprint density at radius 3 is 2.92 bits per heavy atom. The van der Waals surface area contributed by atoms with Crippen molar-refractivity contribution in [2.24, 2.45) is 0 Å². The van der Waals surface area contributed by atoms with Crippen LogP contribution in [0, 0.1) is 0 Å². The first-order valence-corrected chi connectivity index (χ1v) is 9.26. The number of likely N-dealkylation sites (tertiary alicyclic amines) is 1. The summed E-state index contributed by atoms with van der Waals surface area (Å²) in [5, 5.41) is 0. The molecule has 2 heterocycles. The fourth-order valence-corrected chi connectivity index (χ4v) is 3.57. The second-order valence-corrected chi connectivity index (χ2v) is 6.93. The number of amides is 1. The van der Waals surface area contributed by atoms with E-state index in [9.17, 15) is 4.79 Å². The molecule has 0 N–H and O–H groups in total. The van der Waals surface area contributed by atoms with Crippen molar-refractivity contribution in [3.8, 4) is 0 Å². The number of thioether (sulfide) groups is 1. The van der Waals surface area contributed by atoms with Crippen LogP contribution < -0.4 is 0 Å². The summed E-state index contributed by atoms with van der Waals surface area (Å²) in [5.41, 5.74) is 1.07. The minimum Gasteiger partial charge on any atom is -0.372 e. The van der Waals surface area contributed by atoms with E-state index in [4.69, 9.17) is 4.74 Å². The summed E-state index contributed by atoms with van der Waals surface area (Å²) in [7, 11) is 0. The molecule has 1 aromatic carbocycles. The van der Waals surface area contributed by atoms with Gasteiger partial charge in [0.1, 0.15) is 0 Å². The van der Waals surface area contributed by atoms with E-state index in [0.717, 1.165) is 29.8 Å². The van der Waals surface area contributed by atoms with Crippen LogP contribution in [0.2, 0.25) is 0 Å². The molecule has 0 aliphatic carbocycles. The second-order valence-electron chi connectivity index (χ2n) is 5.88. The van der Waals surface area contributed by atoms with E-state index in [1.165, 1.54) is 0 Å². The fourth-order valence-electron chi connectivity index (χ4n) is 2.75. The standard InChI is InChI=1S/C19H22N2O2S/c22-19(15-24-18-8-2-1-3-9-18)21-11-5-7-17(13-21)23-14-16-6-4-10-20-12-16/h1-4,6,8-10,12,17H,5,7,11,13-15H2. The molecular weight excluding hydrogens is 320 g/mol. The highest BCUT2D eigenvalue weighted by Gasteiger charge is 2.24. The zero-order chi connectivity index (χ0) is 16.6. The lowest BCUT2D eigenvalue weighted by molar-refractivity contribution is -0.132. The third-order valence-corrected chi connectivity index (χ3v) is 5.04. The van der Waals surface area contributed by atoms with Crippen molar-refractivity contribution in [3.63, 3.8) is 0 Å². The Morgan fingerprint density at radius 2 is 2.12 bits per heavy atom. The molecule has 24 heavy (non-hydrogen) atoms. The third-order valence-electron chi connectivity index (χ3n) is 4.04. The van der Waals surface area contributed by atoms with Crippen LogP contribution in [0.1, 0.15) is 18.4 Å². The molecule has 4 nitrogen and oxygen atoms in total. The molecule has 1 aliphatic rings. The van der Waals surface area contributed by atoms with Gasteiger partial charge in [0, 0.05) is 30.4 Å². The number of piperidine rings is 1. The highest BCUT2D eigenvalue weighted by Crippen LogP contribution is 2.20. The first kappa shape index (κ1) is 17.0. The molecule has 1 aliphatic heterocycles. The van der Waals surface area contributed by atoms with Crippen molar-refractivity contribution in [1.82, 2.24) is 9.88 Å². The average molecular weight is 342 g/mol. The van der Waals surface area contributed by atoms with E-state index < -0.39 is 0 Å². The van der Waals surface area contributed by atoms with Crippen LogP contribution in [-0.2, 0) is 16.1 Å². The van der Waals surface area contributed by atoms with Gasteiger partial charge in [-0.15, -0.1) is 11.8 Å². The summed E-state index contributed by atoms with van der Waals surface area (Å²) in [4.78, 5) is 19.6. The number of rotatable bonds is 6. The first-order chi connectivity index (χ1) is 11.8. The molecule has 1 amide bonds. The van der Waals surface area contributed by atoms with Gasteiger partial charge in [0.25, 0.3) is 0 Å². The van der Waals surface area contributed by atoms with E-state index in [0.29, 0.717) is 18.9 Å². The van der Waals surface area contributed by atoms with Crippen molar-refractivity contribution < 1.29 is 9.53 Å². The van der Waals surface area contributed by atoms with Gasteiger partial charge in [0.05, 0.1) is 18.5 Å². The lowest BCUT2D eigenvalue weighted by atomic mass is 10.1. The topological polar surface area (TPSA) is 42.4 Å².